The number of carbonyl (C=O) groups excluding carboxylic acids is 2. The van der Waals surface area contributed by atoms with E-state index in [1.807, 2.05) is 18.5 Å². The molecule has 0 bridgehead atoms. The molecule has 0 atom stereocenters. The van der Waals surface area contributed by atoms with E-state index >= 15 is 0 Å². The van der Waals surface area contributed by atoms with E-state index in [2.05, 4.69) is 36.9 Å². The van der Waals surface area contributed by atoms with Crippen LogP contribution >= 0.6 is 0 Å². The second kappa shape index (κ2) is 8.68. The van der Waals surface area contributed by atoms with Crippen molar-refractivity contribution in [3.63, 3.8) is 0 Å². The lowest BCUT2D eigenvalue weighted by atomic mass is 10.2. The third kappa shape index (κ3) is 5.07. The van der Waals surface area contributed by atoms with Gasteiger partial charge in [-0.15, -0.1) is 0 Å². The van der Waals surface area contributed by atoms with Crippen molar-refractivity contribution in [1.29, 1.82) is 0 Å². The van der Waals surface area contributed by atoms with E-state index in [0.717, 1.165) is 38.7 Å². The van der Waals surface area contributed by atoms with Gasteiger partial charge < -0.3 is 20.1 Å². The molecular formula is C19H26N6O2. The molecule has 0 spiro atoms. The standard InChI is InChI=1S/C19H26N6O2/c1-3-24-8-7-20-19(24)25-11-9-23(10-12-25)14-18(27)22-17-6-4-5-16(13-17)21-15(2)26/h4-8,13H,3,9-12,14H2,1-2H3,(H,21,26)(H,22,27). The fourth-order valence-electron chi connectivity index (χ4n) is 3.22. The Kier molecular flexibility index (Phi) is 6.08. The van der Waals surface area contributed by atoms with Gasteiger partial charge in [-0.25, -0.2) is 4.98 Å². The number of aryl methyl sites for hydroxylation is 1. The van der Waals surface area contributed by atoms with Crippen LogP contribution in [0, 0.1) is 0 Å². The number of aromatic nitrogens is 2. The summed E-state index contributed by atoms with van der Waals surface area (Å²) >= 11 is 0. The molecule has 2 N–H and O–H groups in total. The molecule has 2 heterocycles. The second-order valence-electron chi connectivity index (χ2n) is 6.59. The minimum absolute atomic E-state index is 0.0570. The van der Waals surface area contributed by atoms with Crippen LogP contribution in [0.3, 0.4) is 0 Å². The van der Waals surface area contributed by atoms with Crippen LogP contribution in [0.5, 0.6) is 0 Å². The largest absolute Gasteiger partial charge is 0.340 e. The van der Waals surface area contributed by atoms with Crippen LogP contribution in [0.2, 0.25) is 0 Å². The molecule has 0 radical (unpaired) electrons. The van der Waals surface area contributed by atoms with Crippen LogP contribution in [0.25, 0.3) is 0 Å². The molecule has 2 amide bonds. The molecule has 0 unspecified atom stereocenters. The summed E-state index contributed by atoms with van der Waals surface area (Å²) in [5.74, 6) is 0.801. The Hall–Kier alpha value is -2.87. The summed E-state index contributed by atoms with van der Waals surface area (Å²) in [6.45, 7) is 8.14. The molecule has 8 nitrogen and oxygen atoms in total. The average Bonchev–Trinajstić information content (AvgIpc) is 3.10. The fraction of sp³-hybridized carbons (Fsp3) is 0.421. The number of amides is 2. The molecule has 1 saturated heterocycles. The molecule has 8 heteroatoms. The Bertz CT molecular complexity index is 795. The monoisotopic (exact) mass is 370 g/mol. The zero-order valence-corrected chi connectivity index (χ0v) is 15.8. The van der Waals surface area contributed by atoms with Gasteiger partial charge in [-0.2, -0.15) is 0 Å². The molecule has 0 saturated carbocycles. The number of carbonyl (C=O) groups is 2. The SMILES string of the molecule is CCn1ccnc1N1CCN(CC(=O)Nc2cccc(NC(C)=O)c2)CC1. The highest BCUT2D eigenvalue weighted by Gasteiger charge is 2.21. The second-order valence-corrected chi connectivity index (χ2v) is 6.59. The Morgan fingerprint density at radius 1 is 1.11 bits per heavy atom. The number of hydrogen-bond donors (Lipinski definition) is 2. The molecule has 2 aromatic rings. The maximum atomic E-state index is 12.4. The minimum Gasteiger partial charge on any atom is -0.340 e. The normalized spacial score (nSPS) is 14.8. The highest BCUT2D eigenvalue weighted by molar-refractivity contribution is 5.94. The van der Waals surface area contributed by atoms with Gasteiger partial charge in [-0.3, -0.25) is 14.5 Å². The van der Waals surface area contributed by atoms with Crippen molar-refractivity contribution in [3.8, 4) is 0 Å². The lowest BCUT2D eigenvalue weighted by Crippen LogP contribution is -2.49. The van der Waals surface area contributed by atoms with Gasteiger partial charge in [-0.05, 0) is 25.1 Å². The molecule has 27 heavy (non-hydrogen) atoms. The lowest BCUT2D eigenvalue weighted by Gasteiger charge is -2.35. The molecule has 1 fully saturated rings. The summed E-state index contributed by atoms with van der Waals surface area (Å²) in [5.41, 5.74) is 1.34. The summed E-state index contributed by atoms with van der Waals surface area (Å²) in [4.78, 5) is 32.3. The quantitative estimate of drug-likeness (QED) is 0.808. The van der Waals surface area contributed by atoms with Crippen molar-refractivity contribution in [2.75, 3.05) is 48.3 Å². The Morgan fingerprint density at radius 2 is 1.81 bits per heavy atom. The van der Waals surface area contributed by atoms with E-state index in [-0.39, 0.29) is 11.8 Å². The lowest BCUT2D eigenvalue weighted by molar-refractivity contribution is -0.117. The van der Waals surface area contributed by atoms with Crippen molar-refractivity contribution in [2.24, 2.45) is 0 Å². The van der Waals surface area contributed by atoms with Crippen molar-refractivity contribution in [2.45, 2.75) is 20.4 Å². The Labute approximate surface area is 159 Å². The van der Waals surface area contributed by atoms with Crippen molar-refractivity contribution in [3.05, 3.63) is 36.7 Å². The minimum atomic E-state index is -0.139. The summed E-state index contributed by atoms with van der Waals surface area (Å²) < 4.78 is 2.13. The van der Waals surface area contributed by atoms with Crippen LogP contribution in [-0.4, -0.2) is 59.0 Å². The maximum Gasteiger partial charge on any atom is 0.238 e. The van der Waals surface area contributed by atoms with Crippen LogP contribution in [0.15, 0.2) is 36.7 Å². The maximum absolute atomic E-state index is 12.4. The van der Waals surface area contributed by atoms with Crippen LogP contribution < -0.4 is 15.5 Å². The van der Waals surface area contributed by atoms with Crippen molar-refractivity contribution >= 4 is 29.1 Å². The first kappa shape index (κ1) is 18.9. The first-order chi connectivity index (χ1) is 13.0. The number of nitrogens with one attached hydrogen (secondary N) is 2. The summed E-state index contributed by atoms with van der Waals surface area (Å²) in [6.07, 6.45) is 3.82. The number of imidazole rings is 1. The molecule has 144 valence electrons. The molecule has 1 aliphatic rings. The van der Waals surface area contributed by atoms with E-state index in [9.17, 15) is 9.59 Å². The van der Waals surface area contributed by atoms with Gasteiger partial charge in [0, 0.05) is 63.4 Å². The van der Waals surface area contributed by atoms with Gasteiger partial charge in [0.05, 0.1) is 6.54 Å². The molecular weight excluding hydrogens is 344 g/mol. The van der Waals surface area contributed by atoms with Gasteiger partial charge in [0.25, 0.3) is 0 Å². The zero-order valence-electron chi connectivity index (χ0n) is 15.8. The number of anilines is 3. The fourth-order valence-corrected chi connectivity index (χ4v) is 3.22. The number of rotatable bonds is 6. The predicted molar refractivity (Wildman–Crippen MR) is 106 cm³/mol. The summed E-state index contributed by atoms with van der Waals surface area (Å²) in [7, 11) is 0. The summed E-state index contributed by atoms with van der Waals surface area (Å²) in [5, 5.41) is 5.61. The number of hydrogen-bond acceptors (Lipinski definition) is 5. The number of piperazine rings is 1. The third-order valence-electron chi connectivity index (χ3n) is 4.52. The van der Waals surface area contributed by atoms with Crippen molar-refractivity contribution < 1.29 is 9.59 Å². The highest BCUT2D eigenvalue weighted by Crippen LogP contribution is 2.16. The molecule has 1 aliphatic heterocycles. The zero-order chi connectivity index (χ0) is 19.2. The van der Waals surface area contributed by atoms with E-state index in [1.165, 1.54) is 6.92 Å². The predicted octanol–water partition coefficient (Wildman–Crippen LogP) is 1.62. The van der Waals surface area contributed by atoms with Gasteiger partial charge in [0.2, 0.25) is 17.8 Å². The molecule has 1 aromatic carbocycles. The van der Waals surface area contributed by atoms with Gasteiger partial charge in [0.1, 0.15) is 0 Å². The Morgan fingerprint density at radius 3 is 2.48 bits per heavy atom. The van der Waals surface area contributed by atoms with Crippen LogP contribution in [0.4, 0.5) is 17.3 Å². The summed E-state index contributed by atoms with van der Waals surface area (Å²) in [6, 6.07) is 7.15. The van der Waals surface area contributed by atoms with E-state index < -0.39 is 0 Å². The first-order valence-electron chi connectivity index (χ1n) is 9.21. The van der Waals surface area contributed by atoms with E-state index in [4.69, 9.17) is 0 Å². The Balaban J connectivity index is 1.49. The van der Waals surface area contributed by atoms with Gasteiger partial charge >= 0.3 is 0 Å². The topological polar surface area (TPSA) is 82.5 Å². The van der Waals surface area contributed by atoms with Crippen LogP contribution in [-0.2, 0) is 16.1 Å². The smallest absolute Gasteiger partial charge is 0.238 e. The van der Waals surface area contributed by atoms with Crippen LogP contribution in [0.1, 0.15) is 13.8 Å². The van der Waals surface area contributed by atoms with Gasteiger partial charge in [-0.1, -0.05) is 6.07 Å². The molecule has 3 rings (SSSR count). The number of nitrogens with zero attached hydrogens (tertiary/aromatic N) is 4. The van der Waals surface area contributed by atoms with Gasteiger partial charge in [0.15, 0.2) is 0 Å². The molecule has 0 aliphatic carbocycles. The van der Waals surface area contributed by atoms with Crippen molar-refractivity contribution in [1.82, 2.24) is 14.5 Å². The first-order valence-corrected chi connectivity index (χ1v) is 9.21. The molecule has 1 aromatic heterocycles. The third-order valence-corrected chi connectivity index (χ3v) is 4.52. The van der Waals surface area contributed by atoms with E-state index in [0.29, 0.717) is 17.9 Å². The average molecular weight is 370 g/mol. The number of benzene rings is 1. The highest BCUT2D eigenvalue weighted by atomic mass is 16.2. The van der Waals surface area contributed by atoms with E-state index in [1.54, 1.807) is 18.2 Å².